The van der Waals surface area contributed by atoms with E-state index in [2.05, 4.69) is 11.2 Å². The van der Waals surface area contributed by atoms with Crippen LogP contribution in [0.3, 0.4) is 0 Å². The Kier molecular flexibility index (Phi) is 4.67. The van der Waals surface area contributed by atoms with Crippen LogP contribution in [-0.2, 0) is 6.18 Å². The second-order valence-corrected chi connectivity index (χ2v) is 5.24. The van der Waals surface area contributed by atoms with Crippen LogP contribution >= 0.6 is 11.6 Å². The molecule has 2 nitrogen and oxygen atoms in total. The van der Waals surface area contributed by atoms with Crippen molar-refractivity contribution in [2.24, 2.45) is 0 Å². The molecule has 0 aromatic heterocycles. The summed E-state index contributed by atoms with van der Waals surface area (Å²) in [7, 11) is 0. The summed E-state index contributed by atoms with van der Waals surface area (Å²) in [4.78, 5) is 12.3. The Balaban J connectivity index is 2.35. The molecule has 0 aliphatic carbocycles. The first-order valence-corrected chi connectivity index (χ1v) is 6.85. The van der Waals surface area contributed by atoms with Crippen molar-refractivity contribution in [2.45, 2.75) is 13.1 Å². The summed E-state index contributed by atoms with van der Waals surface area (Å²) in [6.45, 7) is 1.67. The van der Waals surface area contributed by atoms with Gasteiger partial charge >= 0.3 is 6.18 Å². The zero-order valence-corrected chi connectivity index (χ0v) is 12.7. The topological polar surface area (TPSA) is 29.1 Å². The summed E-state index contributed by atoms with van der Waals surface area (Å²) in [5.74, 6) is 1.88. The van der Waals surface area contributed by atoms with Crippen LogP contribution in [0.5, 0.6) is 0 Å². The largest absolute Gasteiger partial charge is 0.416 e. The average Bonchev–Trinajstić information content (AvgIpc) is 2.45. The third-order valence-electron chi connectivity index (χ3n) is 3.22. The van der Waals surface area contributed by atoms with Crippen LogP contribution in [0.1, 0.15) is 27.0 Å². The van der Waals surface area contributed by atoms with E-state index in [1.54, 1.807) is 25.1 Å². The standard InChI is InChI=1S/C17H11ClF3NO/c1-3-11-5-4-6-15(10(11)2)16(23)22-14-8-12(17(19,20)21)7-13(18)9-14/h1,4-9H,2H3,(H,22,23). The third kappa shape index (κ3) is 3.85. The van der Waals surface area contributed by atoms with E-state index in [0.29, 0.717) is 11.1 Å². The number of benzene rings is 2. The van der Waals surface area contributed by atoms with Crippen molar-refractivity contribution in [1.82, 2.24) is 0 Å². The second kappa shape index (κ2) is 6.35. The summed E-state index contributed by atoms with van der Waals surface area (Å²) in [5, 5.41) is 2.29. The van der Waals surface area contributed by atoms with Gasteiger partial charge in [0.15, 0.2) is 0 Å². The van der Waals surface area contributed by atoms with Gasteiger partial charge in [0.2, 0.25) is 0 Å². The zero-order chi connectivity index (χ0) is 17.2. The highest BCUT2D eigenvalue weighted by atomic mass is 35.5. The van der Waals surface area contributed by atoms with Crippen LogP contribution in [0.4, 0.5) is 18.9 Å². The quantitative estimate of drug-likeness (QED) is 0.776. The lowest BCUT2D eigenvalue weighted by atomic mass is 10.0. The van der Waals surface area contributed by atoms with Gasteiger partial charge in [0, 0.05) is 21.8 Å². The number of terminal acetylenes is 1. The molecule has 1 N–H and O–H groups in total. The van der Waals surface area contributed by atoms with Crippen molar-refractivity contribution in [2.75, 3.05) is 5.32 Å². The van der Waals surface area contributed by atoms with Crippen molar-refractivity contribution in [3.63, 3.8) is 0 Å². The predicted molar refractivity (Wildman–Crippen MR) is 83.5 cm³/mol. The van der Waals surface area contributed by atoms with Crippen molar-refractivity contribution in [1.29, 1.82) is 0 Å². The number of alkyl halides is 3. The van der Waals surface area contributed by atoms with Crippen molar-refractivity contribution >= 4 is 23.2 Å². The Hall–Kier alpha value is -2.45. The Morgan fingerprint density at radius 1 is 1.26 bits per heavy atom. The maximum Gasteiger partial charge on any atom is 0.416 e. The molecule has 2 rings (SSSR count). The van der Waals surface area contributed by atoms with E-state index < -0.39 is 17.6 Å². The number of rotatable bonds is 2. The molecule has 0 spiro atoms. The molecular weight excluding hydrogens is 327 g/mol. The predicted octanol–water partition coefficient (Wildman–Crippen LogP) is 4.90. The molecule has 0 radical (unpaired) electrons. The first-order valence-electron chi connectivity index (χ1n) is 6.47. The molecule has 2 aromatic rings. The average molecular weight is 338 g/mol. The highest BCUT2D eigenvalue weighted by Crippen LogP contribution is 2.33. The van der Waals surface area contributed by atoms with E-state index in [0.717, 1.165) is 12.1 Å². The summed E-state index contributed by atoms with van der Waals surface area (Å²) < 4.78 is 38.3. The van der Waals surface area contributed by atoms with Gasteiger partial charge in [-0.25, -0.2) is 0 Å². The Morgan fingerprint density at radius 3 is 2.57 bits per heavy atom. The minimum atomic E-state index is -4.55. The molecule has 0 saturated heterocycles. The van der Waals surface area contributed by atoms with Gasteiger partial charge in [-0.3, -0.25) is 4.79 Å². The molecule has 1 amide bonds. The van der Waals surface area contributed by atoms with E-state index >= 15 is 0 Å². The van der Waals surface area contributed by atoms with E-state index in [1.165, 1.54) is 6.07 Å². The number of carbonyl (C=O) groups is 1. The van der Waals surface area contributed by atoms with E-state index in [4.69, 9.17) is 18.0 Å². The first-order chi connectivity index (χ1) is 10.7. The van der Waals surface area contributed by atoms with Gasteiger partial charge in [-0.1, -0.05) is 23.6 Å². The Bertz CT molecular complexity index is 806. The molecule has 118 valence electrons. The van der Waals surface area contributed by atoms with Crippen LogP contribution in [-0.4, -0.2) is 5.91 Å². The number of anilines is 1. The first kappa shape index (κ1) is 16.9. The molecule has 0 aliphatic rings. The fourth-order valence-corrected chi connectivity index (χ4v) is 2.30. The van der Waals surface area contributed by atoms with Crippen LogP contribution in [0.25, 0.3) is 0 Å². The maximum absolute atomic E-state index is 12.8. The van der Waals surface area contributed by atoms with Crippen LogP contribution < -0.4 is 5.32 Å². The number of hydrogen-bond acceptors (Lipinski definition) is 1. The second-order valence-electron chi connectivity index (χ2n) is 4.80. The van der Waals surface area contributed by atoms with Gasteiger partial charge in [0.1, 0.15) is 0 Å². The molecule has 0 heterocycles. The summed E-state index contributed by atoms with van der Waals surface area (Å²) in [6.07, 6.45) is 0.784. The van der Waals surface area contributed by atoms with Crippen LogP contribution in [0.15, 0.2) is 36.4 Å². The van der Waals surface area contributed by atoms with Gasteiger partial charge in [-0.05, 0) is 42.8 Å². The molecule has 6 heteroatoms. The fourth-order valence-electron chi connectivity index (χ4n) is 2.06. The number of amides is 1. The smallest absolute Gasteiger partial charge is 0.322 e. The van der Waals surface area contributed by atoms with Gasteiger partial charge < -0.3 is 5.32 Å². The van der Waals surface area contributed by atoms with Crippen LogP contribution in [0.2, 0.25) is 5.02 Å². The molecule has 0 fully saturated rings. The van der Waals surface area contributed by atoms with Gasteiger partial charge in [-0.2, -0.15) is 13.2 Å². The molecule has 0 aliphatic heterocycles. The molecule has 2 aromatic carbocycles. The summed E-state index contributed by atoms with van der Waals surface area (Å²) in [5.41, 5.74) is 0.425. The maximum atomic E-state index is 12.8. The number of halogens is 4. The number of carbonyl (C=O) groups excluding carboxylic acids is 1. The minimum Gasteiger partial charge on any atom is -0.322 e. The lowest BCUT2D eigenvalue weighted by molar-refractivity contribution is -0.137. The van der Waals surface area contributed by atoms with Crippen LogP contribution in [0, 0.1) is 19.3 Å². The van der Waals surface area contributed by atoms with E-state index in [1.807, 2.05) is 0 Å². The Morgan fingerprint density at radius 2 is 1.96 bits per heavy atom. The lowest BCUT2D eigenvalue weighted by Crippen LogP contribution is -2.15. The van der Waals surface area contributed by atoms with Gasteiger partial charge in [0.05, 0.1) is 5.56 Å². The SMILES string of the molecule is C#Cc1cccc(C(=O)Nc2cc(Cl)cc(C(F)(F)F)c2)c1C. The van der Waals surface area contributed by atoms with Gasteiger partial charge in [0.25, 0.3) is 5.91 Å². The molecule has 0 bridgehead atoms. The molecule has 23 heavy (non-hydrogen) atoms. The molecule has 0 saturated carbocycles. The molecule has 0 atom stereocenters. The normalized spacial score (nSPS) is 11.0. The summed E-state index contributed by atoms with van der Waals surface area (Å²) >= 11 is 5.69. The van der Waals surface area contributed by atoms with Crippen molar-refractivity contribution in [3.05, 3.63) is 63.7 Å². The highest BCUT2D eigenvalue weighted by molar-refractivity contribution is 6.31. The Labute approximate surface area is 136 Å². The fraction of sp³-hybridized carbons (Fsp3) is 0.118. The highest BCUT2D eigenvalue weighted by Gasteiger charge is 2.31. The van der Waals surface area contributed by atoms with E-state index in [-0.39, 0.29) is 16.3 Å². The monoisotopic (exact) mass is 337 g/mol. The zero-order valence-electron chi connectivity index (χ0n) is 12.0. The minimum absolute atomic E-state index is 0.0414. The molecular formula is C17H11ClF3NO. The van der Waals surface area contributed by atoms with Crippen molar-refractivity contribution in [3.8, 4) is 12.3 Å². The van der Waals surface area contributed by atoms with E-state index in [9.17, 15) is 18.0 Å². The summed E-state index contributed by atoms with van der Waals surface area (Å²) in [6, 6.07) is 7.69. The number of nitrogens with one attached hydrogen (secondary N) is 1. The third-order valence-corrected chi connectivity index (χ3v) is 3.44. The van der Waals surface area contributed by atoms with Crippen molar-refractivity contribution < 1.29 is 18.0 Å². The van der Waals surface area contributed by atoms with Gasteiger partial charge in [-0.15, -0.1) is 6.42 Å². The lowest BCUT2D eigenvalue weighted by Gasteiger charge is -2.12. The number of hydrogen-bond donors (Lipinski definition) is 1. The molecule has 0 unspecified atom stereocenters.